The fourth-order valence-electron chi connectivity index (χ4n) is 4.68. The molecule has 0 amide bonds. The third-order valence-electron chi connectivity index (χ3n) is 6.09. The summed E-state index contributed by atoms with van der Waals surface area (Å²) in [5.74, 6) is 0.221. The molecule has 0 aliphatic heterocycles. The van der Waals surface area contributed by atoms with Crippen LogP contribution in [0.5, 0.6) is 5.75 Å². The second kappa shape index (κ2) is 8.50. The summed E-state index contributed by atoms with van der Waals surface area (Å²) in [7, 11) is 0. The van der Waals surface area contributed by atoms with Crippen molar-refractivity contribution in [2.24, 2.45) is 0 Å². The predicted molar refractivity (Wildman–Crippen MR) is 129 cm³/mol. The smallest absolute Gasteiger partial charge is 0.454 e. The van der Waals surface area contributed by atoms with Crippen molar-refractivity contribution < 1.29 is 22.3 Å². The van der Waals surface area contributed by atoms with E-state index < -0.39 is 6.36 Å². The highest BCUT2D eigenvalue weighted by Crippen LogP contribution is 2.45. The molecule has 3 aromatic carbocycles. The van der Waals surface area contributed by atoms with Gasteiger partial charge in [0, 0.05) is 10.8 Å². The van der Waals surface area contributed by atoms with Crippen LogP contribution in [0.1, 0.15) is 43.6 Å². The van der Waals surface area contributed by atoms with Crippen molar-refractivity contribution in [3.05, 3.63) is 66.2 Å². The van der Waals surface area contributed by atoms with Crippen molar-refractivity contribution in [2.45, 2.75) is 44.4 Å². The van der Waals surface area contributed by atoms with E-state index in [0.29, 0.717) is 22.9 Å². The maximum Gasteiger partial charge on any atom is 0.573 e. The van der Waals surface area contributed by atoms with Gasteiger partial charge in [0.05, 0.1) is 34.2 Å². The number of halogens is 4. The predicted octanol–water partition coefficient (Wildman–Crippen LogP) is 9.02. The Balaban J connectivity index is 1.63. The molecule has 7 heteroatoms. The summed E-state index contributed by atoms with van der Waals surface area (Å²) in [5.41, 5.74) is 3.73. The van der Waals surface area contributed by atoms with E-state index in [1.54, 1.807) is 15.2 Å². The fourth-order valence-corrected chi connectivity index (χ4v) is 5.46. The van der Waals surface area contributed by atoms with Crippen LogP contribution in [0.3, 0.4) is 0 Å². The van der Waals surface area contributed by atoms with Crippen LogP contribution in [0, 0.1) is 0 Å². The van der Waals surface area contributed by atoms with E-state index in [1.807, 2.05) is 41.1 Å². The quantitative estimate of drug-likeness (QED) is 0.187. The Labute approximate surface area is 197 Å². The van der Waals surface area contributed by atoms with Crippen LogP contribution in [-0.4, -0.2) is 6.36 Å². The summed E-state index contributed by atoms with van der Waals surface area (Å²) in [6, 6.07) is 18.1. The van der Waals surface area contributed by atoms with Gasteiger partial charge in [-0.3, -0.25) is 3.11 Å². The lowest BCUT2D eigenvalue weighted by atomic mass is 9.83. The molecule has 0 spiro atoms. The number of anilines is 2. The number of para-hydroxylation sites is 4. The SMILES string of the molecule is FC(F)(F)Oc1ccccc1N(I)c1cccc2c1oc1c(C3CCCCC3)cccc12. The average molecular weight is 551 g/mol. The Hall–Kier alpha value is -2.42. The topological polar surface area (TPSA) is 25.6 Å². The van der Waals surface area contributed by atoms with Gasteiger partial charge in [0.2, 0.25) is 0 Å². The molecule has 0 unspecified atom stereocenters. The lowest BCUT2D eigenvalue weighted by Gasteiger charge is -2.22. The van der Waals surface area contributed by atoms with Crippen LogP contribution >= 0.6 is 22.9 Å². The second-order valence-corrected chi connectivity index (χ2v) is 9.08. The minimum atomic E-state index is -4.77. The first kappa shape index (κ1) is 21.4. The number of nitrogens with zero attached hydrogens (tertiary/aromatic N) is 1. The third kappa shape index (κ3) is 4.02. The number of ether oxygens (including phenoxy) is 1. The standard InChI is InChI=1S/C25H21F3INO2/c26-25(27,28)32-22-15-5-4-13-20(22)30(29)21-14-7-12-19-18-11-6-10-17(23(18)31-24(19)21)16-8-2-1-3-9-16/h4-7,10-16H,1-3,8-9H2. The molecule has 1 aliphatic carbocycles. The van der Waals surface area contributed by atoms with Crippen LogP contribution in [0.2, 0.25) is 0 Å². The lowest BCUT2D eigenvalue weighted by Crippen LogP contribution is -2.18. The highest BCUT2D eigenvalue weighted by molar-refractivity contribution is 14.1. The Morgan fingerprint density at radius 1 is 0.812 bits per heavy atom. The number of hydrogen-bond acceptors (Lipinski definition) is 3. The van der Waals surface area contributed by atoms with E-state index >= 15 is 0 Å². The number of alkyl halides is 3. The van der Waals surface area contributed by atoms with Gasteiger partial charge in [0.1, 0.15) is 5.58 Å². The molecule has 1 aromatic heterocycles. The van der Waals surface area contributed by atoms with Crippen molar-refractivity contribution in [2.75, 3.05) is 3.11 Å². The average Bonchev–Trinajstić information content (AvgIpc) is 3.17. The van der Waals surface area contributed by atoms with E-state index in [0.717, 1.165) is 29.2 Å². The number of benzene rings is 3. The Bertz CT molecular complexity index is 1260. The van der Waals surface area contributed by atoms with Gasteiger partial charge in [-0.2, -0.15) is 0 Å². The van der Waals surface area contributed by atoms with Gasteiger partial charge in [0.15, 0.2) is 11.3 Å². The van der Waals surface area contributed by atoms with E-state index in [1.165, 1.54) is 37.0 Å². The van der Waals surface area contributed by atoms with Crippen LogP contribution in [0.15, 0.2) is 65.1 Å². The molecule has 0 saturated heterocycles. The zero-order valence-corrected chi connectivity index (χ0v) is 19.3. The summed E-state index contributed by atoms with van der Waals surface area (Å²) in [4.78, 5) is 0. The largest absolute Gasteiger partial charge is 0.573 e. The molecule has 1 fully saturated rings. The molecule has 1 saturated carbocycles. The molecule has 5 rings (SSSR count). The first-order valence-corrected chi connectivity index (χ1v) is 11.6. The Morgan fingerprint density at radius 3 is 2.22 bits per heavy atom. The van der Waals surface area contributed by atoms with E-state index in [2.05, 4.69) is 22.9 Å². The van der Waals surface area contributed by atoms with Crippen molar-refractivity contribution in [3.63, 3.8) is 0 Å². The third-order valence-corrected chi connectivity index (χ3v) is 7.13. The minimum absolute atomic E-state index is 0.259. The van der Waals surface area contributed by atoms with Gasteiger partial charge >= 0.3 is 6.36 Å². The molecule has 4 aromatic rings. The molecule has 0 bridgehead atoms. The van der Waals surface area contributed by atoms with Crippen LogP contribution in [0.4, 0.5) is 24.5 Å². The van der Waals surface area contributed by atoms with Gasteiger partial charge in [-0.1, -0.05) is 61.7 Å². The van der Waals surface area contributed by atoms with Crippen LogP contribution in [-0.2, 0) is 0 Å². The minimum Gasteiger partial charge on any atom is -0.454 e. The van der Waals surface area contributed by atoms with Gasteiger partial charge in [0.25, 0.3) is 0 Å². The van der Waals surface area contributed by atoms with Crippen molar-refractivity contribution in [3.8, 4) is 5.75 Å². The molecule has 32 heavy (non-hydrogen) atoms. The van der Waals surface area contributed by atoms with Crippen LogP contribution in [0.25, 0.3) is 21.9 Å². The summed E-state index contributed by atoms with van der Waals surface area (Å²) in [6.45, 7) is 0. The molecule has 1 aliphatic rings. The van der Waals surface area contributed by atoms with E-state index in [4.69, 9.17) is 4.42 Å². The first-order chi connectivity index (χ1) is 15.4. The molecule has 3 nitrogen and oxygen atoms in total. The molecule has 0 atom stereocenters. The van der Waals surface area contributed by atoms with Gasteiger partial charge in [-0.05, 0) is 42.5 Å². The van der Waals surface area contributed by atoms with Gasteiger partial charge < -0.3 is 9.15 Å². The maximum absolute atomic E-state index is 12.9. The summed E-state index contributed by atoms with van der Waals surface area (Å²) >= 11 is 2.00. The summed E-state index contributed by atoms with van der Waals surface area (Å²) in [6.07, 6.45) is 1.27. The van der Waals surface area contributed by atoms with Crippen molar-refractivity contribution in [1.29, 1.82) is 0 Å². The number of hydrogen-bond donors (Lipinski definition) is 0. The summed E-state index contributed by atoms with van der Waals surface area (Å²) in [5, 5.41) is 1.99. The Morgan fingerprint density at radius 2 is 1.47 bits per heavy atom. The van der Waals surface area contributed by atoms with Crippen molar-refractivity contribution in [1.82, 2.24) is 0 Å². The molecule has 0 radical (unpaired) electrons. The van der Waals surface area contributed by atoms with E-state index in [-0.39, 0.29) is 5.75 Å². The maximum atomic E-state index is 12.9. The van der Waals surface area contributed by atoms with E-state index in [9.17, 15) is 13.2 Å². The fraction of sp³-hybridized carbons (Fsp3) is 0.280. The number of rotatable bonds is 4. The van der Waals surface area contributed by atoms with Crippen molar-refractivity contribution >= 4 is 56.2 Å². The second-order valence-electron chi connectivity index (χ2n) is 8.11. The zero-order valence-electron chi connectivity index (χ0n) is 17.2. The molecule has 1 heterocycles. The molecule has 166 valence electrons. The lowest BCUT2D eigenvalue weighted by molar-refractivity contribution is -0.274. The zero-order chi connectivity index (χ0) is 22.3. The first-order valence-electron chi connectivity index (χ1n) is 10.7. The molecule has 0 N–H and O–H groups in total. The normalized spacial score (nSPS) is 15.4. The highest BCUT2D eigenvalue weighted by Gasteiger charge is 2.33. The number of fused-ring (bicyclic) bond motifs is 3. The summed E-state index contributed by atoms with van der Waals surface area (Å²) < 4.78 is 51.2. The van der Waals surface area contributed by atoms with Gasteiger partial charge in [-0.15, -0.1) is 13.2 Å². The number of furan rings is 1. The Kier molecular flexibility index (Phi) is 5.69. The molecular formula is C25H21F3INO2. The monoisotopic (exact) mass is 551 g/mol. The highest BCUT2D eigenvalue weighted by atomic mass is 127. The van der Waals surface area contributed by atoms with Gasteiger partial charge in [-0.25, -0.2) is 0 Å². The molecular weight excluding hydrogens is 530 g/mol. The van der Waals surface area contributed by atoms with Crippen LogP contribution < -0.4 is 7.85 Å².